The summed E-state index contributed by atoms with van der Waals surface area (Å²) in [6, 6.07) is 11.9. The van der Waals surface area contributed by atoms with Crippen molar-refractivity contribution in [2.75, 3.05) is 0 Å². The van der Waals surface area contributed by atoms with Crippen LogP contribution in [0.25, 0.3) is 0 Å². The van der Waals surface area contributed by atoms with Gasteiger partial charge in [-0.25, -0.2) is 13.1 Å². The van der Waals surface area contributed by atoms with Crippen molar-refractivity contribution in [3.63, 3.8) is 0 Å². The molecule has 1 aromatic carbocycles. The molecular formula is C14H17N3O2S. The molecule has 5 nitrogen and oxygen atoms in total. The van der Waals surface area contributed by atoms with Gasteiger partial charge < -0.3 is 0 Å². The SMILES string of the molecule is O=S(=O)(NCc1ccn(Cc2ccccc2)n1)C1CC1. The summed E-state index contributed by atoms with van der Waals surface area (Å²) in [4.78, 5) is 0. The molecule has 2 aromatic rings. The van der Waals surface area contributed by atoms with E-state index in [4.69, 9.17) is 0 Å². The molecule has 1 aliphatic carbocycles. The second kappa shape index (κ2) is 5.38. The molecule has 0 aliphatic heterocycles. The maximum absolute atomic E-state index is 11.7. The minimum absolute atomic E-state index is 0.186. The van der Waals surface area contributed by atoms with Crippen molar-refractivity contribution in [2.45, 2.75) is 31.2 Å². The Kier molecular flexibility index (Phi) is 3.58. The molecule has 0 unspecified atom stereocenters. The monoisotopic (exact) mass is 291 g/mol. The van der Waals surface area contributed by atoms with Crippen LogP contribution in [0.5, 0.6) is 0 Å². The number of nitrogens with zero attached hydrogens (tertiary/aromatic N) is 2. The average molecular weight is 291 g/mol. The van der Waals surface area contributed by atoms with Gasteiger partial charge in [-0.15, -0.1) is 0 Å². The van der Waals surface area contributed by atoms with E-state index in [9.17, 15) is 8.42 Å². The van der Waals surface area contributed by atoms with Crippen LogP contribution in [0.15, 0.2) is 42.6 Å². The summed E-state index contributed by atoms with van der Waals surface area (Å²) in [7, 11) is -3.13. The fourth-order valence-corrected chi connectivity index (χ4v) is 3.37. The molecule has 1 aliphatic rings. The van der Waals surface area contributed by atoms with Crippen LogP contribution in [0.2, 0.25) is 0 Å². The average Bonchev–Trinajstić information content (AvgIpc) is 3.21. The van der Waals surface area contributed by atoms with Crippen molar-refractivity contribution < 1.29 is 8.42 Å². The number of nitrogens with one attached hydrogen (secondary N) is 1. The lowest BCUT2D eigenvalue weighted by atomic mass is 10.2. The molecule has 6 heteroatoms. The molecule has 1 aromatic heterocycles. The molecule has 1 saturated carbocycles. The first-order chi connectivity index (χ1) is 9.63. The van der Waals surface area contributed by atoms with Gasteiger partial charge in [0, 0.05) is 6.20 Å². The third kappa shape index (κ3) is 3.26. The van der Waals surface area contributed by atoms with Gasteiger partial charge in [0.15, 0.2) is 0 Å². The number of hydrogen-bond donors (Lipinski definition) is 1. The van der Waals surface area contributed by atoms with Crippen LogP contribution in [0, 0.1) is 0 Å². The Balaban J connectivity index is 1.59. The van der Waals surface area contributed by atoms with Crippen LogP contribution < -0.4 is 4.72 Å². The third-order valence-corrected chi connectivity index (χ3v) is 5.20. The third-order valence-electron chi connectivity index (χ3n) is 3.30. The highest BCUT2D eigenvalue weighted by Gasteiger charge is 2.35. The fraction of sp³-hybridized carbons (Fsp3) is 0.357. The van der Waals surface area contributed by atoms with Crippen LogP contribution in [-0.4, -0.2) is 23.4 Å². The summed E-state index contributed by atoms with van der Waals surface area (Å²) in [6.07, 6.45) is 3.42. The summed E-state index contributed by atoms with van der Waals surface area (Å²) in [6.45, 7) is 0.955. The first-order valence-corrected chi connectivity index (χ1v) is 8.23. The lowest BCUT2D eigenvalue weighted by molar-refractivity contribution is 0.577. The van der Waals surface area contributed by atoms with Crippen molar-refractivity contribution >= 4 is 10.0 Å². The van der Waals surface area contributed by atoms with E-state index < -0.39 is 10.0 Å². The lowest BCUT2D eigenvalue weighted by Gasteiger charge is -2.03. The van der Waals surface area contributed by atoms with E-state index >= 15 is 0 Å². The van der Waals surface area contributed by atoms with Gasteiger partial charge in [0.2, 0.25) is 10.0 Å². The Morgan fingerprint density at radius 3 is 2.65 bits per heavy atom. The van der Waals surface area contributed by atoms with E-state index in [1.165, 1.54) is 5.56 Å². The highest BCUT2D eigenvalue weighted by atomic mass is 32.2. The molecule has 20 heavy (non-hydrogen) atoms. The Hall–Kier alpha value is -1.66. The maximum atomic E-state index is 11.7. The summed E-state index contributed by atoms with van der Waals surface area (Å²) in [5.41, 5.74) is 1.91. The van der Waals surface area contributed by atoms with Crippen LogP contribution in [-0.2, 0) is 23.1 Å². The standard InChI is InChI=1S/C14H17N3O2S/c18-20(19,14-6-7-14)15-10-13-8-9-17(16-13)11-12-4-2-1-3-5-12/h1-5,8-9,14-15H,6-7,10-11H2. The van der Waals surface area contributed by atoms with E-state index in [1.807, 2.05) is 47.3 Å². The van der Waals surface area contributed by atoms with Gasteiger partial charge in [-0.05, 0) is 24.5 Å². The van der Waals surface area contributed by atoms with Crippen molar-refractivity contribution in [3.8, 4) is 0 Å². The predicted molar refractivity (Wildman–Crippen MR) is 76.6 cm³/mol. The molecule has 1 heterocycles. The molecule has 0 amide bonds. The highest BCUT2D eigenvalue weighted by molar-refractivity contribution is 7.90. The molecule has 0 bridgehead atoms. The van der Waals surface area contributed by atoms with Crippen molar-refractivity contribution in [1.29, 1.82) is 0 Å². The molecule has 0 atom stereocenters. The van der Waals surface area contributed by atoms with Crippen LogP contribution in [0.4, 0.5) is 0 Å². The van der Waals surface area contributed by atoms with E-state index in [1.54, 1.807) is 0 Å². The molecular weight excluding hydrogens is 274 g/mol. The molecule has 106 valence electrons. The predicted octanol–water partition coefficient (Wildman–Crippen LogP) is 1.51. The summed E-state index contributed by atoms with van der Waals surface area (Å²) in [5.74, 6) is 0. The number of hydrogen-bond acceptors (Lipinski definition) is 3. The normalized spacial score (nSPS) is 15.4. The Morgan fingerprint density at radius 2 is 1.95 bits per heavy atom. The zero-order valence-corrected chi connectivity index (χ0v) is 11.9. The first-order valence-electron chi connectivity index (χ1n) is 6.68. The largest absolute Gasteiger partial charge is 0.268 e. The van der Waals surface area contributed by atoms with Crippen LogP contribution in [0.1, 0.15) is 24.1 Å². The lowest BCUT2D eigenvalue weighted by Crippen LogP contribution is -2.26. The van der Waals surface area contributed by atoms with Gasteiger partial charge in [0.05, 0.1) is 24.0 Å². The van der Waals surface area contributed by atoms with Gasteiger partial charge in [-0.1, -0.05) is 30.3 Å². The topological polar surface area (TPSA) is 64.0 Å². The van der Waals surface area contributed by atoms with Crippen molar-refractivity contribution in [3.05, 3.63) is 53.9 Å². The van der Waals surface area contributed by atoms with Gasteiger partial charge in [-0.3, -0.25) is 4.68 Å². The summed E-state index contributed by atoms with van der Waals surface area (Å²) >= 11 is 0. The Labute approximate surface area is 118 Å². The molecule has 1 fully saturated rings. The Morgan fingerprint density at radius 1 is 1.20 bits per heavy atom. The van der Waals surface area contributed by atoms with E-state index in [-0.39, 0.29) is 11.8 Å². The highest BCUT2D eigenvalue weighted by Crippen LogP contribution is 2.27. The minimum Gasteiger partial charge on any atom is -0.268 e. The number of sulfonamides is 1. The fourth-order valence-electron chi connectivity index (χ4n) is 2.03. The zero-order chi connectivity index (χ0) is 14.0. The van der Waals surface area contributed by atoms with Gasteiger partial charge in [0.25, 0.3) is 0 Å². The first kappa shape index (κ1) is 13.3. The maximum Gasteiger partial charge on any atom is 0.214 e. The molecule has 0 spiro atoms. The van der Waals surface area contributed by atoms with Crippen LogP contribution >= 0.6 is 0 Å². The number of aromatic nitrogens is 2. The van der Waals surface area contributed by atoms with Gasteiger partial charge in [0.1, 0.15) is 0 Å². The molecule has 0 saturated heterocycles. The van der Waals surface area contributed by atoms with E-state index in [0.29, 0.717) is 6.54 Å². The zero-order valence-electron chi connectivity index (χ0n) is 11.1. The molecule has 3 rings (SSSR count). The summed E-state index contributed by atoms with van der Waals surface area (Å²) in [5, 5.41) is 4.19. The number of rotatable bonds is 6. The minimum atomic E-state index is -3.13. The second-order valence-electron chi connectivity index (χ2n) is 5.06. The van der Waals surface area contributed by atoms with E-state index in [0.717, 1.165) is 18.5 Å². The quantitative estimate of drug-likeness (QED) is 0.877. The second-order valence-corrected chi connectivity index (χ2v) is 7.10. The molecule has 1 N–H and O–H groups in total. The molecule has 0 radical (unpaired) electrons. The van der Waals surface area contributed by atoms with Crippen molar-refractivity contribution in [1.82, 2.24) is 14.5 Å². The van der Waals surface area contributed by atoms with Crippen LogP contribution in [0.3, 0.4) is 0 Å². The van der Waals surface area contributed by atoms with E-state index in [2.05, 4.69) is 9.82 Å². The number of benzene rings is 1. The Bertz CT molecular complexity index is 675. The summed E-state index contributed by atoms with van der Waals surface area (Å²) < 4.78 is 27.9. The smallest absolute Gasteiger partial charge is 0.214 e. The van der Waals surface area contributed by atoms with Crippen molar-refractivity contribution in [2.24, 2.45) is 0 Å². The van der Waals surface area contributed by atoms with Gasteiger partial charge in [-0.2, -0.15) is 5.10 Å². The van der Waals surface area contributed by atoms with Gasteiger partial charge >= 0.3 is 0 Å².